The highest BCUT2D eigenvalue weighted by molar-refractivity contribution is 9.10. The molecule has 3 N–H and O–H groups in total. The molecule has 0 bridgehead atoms. The number of anilines is 2. The molecule has 2 aromatic rings. The molecule has 2 rings (SSSR count). The SMILES string of the molecule is Nc1nnc(C(=O)Nc2ccc(Br)c(F)c2)s1. The average Bonchev–Trinajstić information content (AvgIpc) is 2.70. The molecule has 0 aliphatic rings. The lowest BCUT2D eigenvalue weighted by Crippen LogP contribution is -2.11. The number of amides is 1. The third-order valence-electron chi connectivity index (χ3n) is 1.81. The van der Waals surface area contributed by atoms with Crippen molar-refractivity contribution in [2.24, 2.45) is 0 Å². The van der Waals surface area contributed by atoms with E-state index in [4.69, 9.17) is 5.73 Å². The van der Waals surface area contributed by atoms with Crippen LogP contribution in [0.1, 0.15) is 9.80 Å². The van der Waals surface area contributed by atoms with Crippen LogP contribution in [0, 0.1) is 5.82 Å². The zero-order valence-electron chi connectivity index (χ0n) is 8.28. The first kappa shape index (κ1) is 11.9. The summed E-state index contributed by atoms with van der Waals surface area (Å²) in [6.07, 6.45) is 0. The molecule has 1 aromatic carbocycles. The summed E-state index contributed by atoms with van der Waals surface area (Å²) in [4.78, 5) is 11.6. The fraction of sp³-hybridized carbons (Fsp3) is 0. The van der Waals surface area contributed by atoms with Gasteiger partial charge in [-0.15, -0.1) is 10.2 Å². The van der Waals surface area contributed by atoms with Crippen molar-refractivity contribution in [1.82, 2.24) is 10.2 Å². The number of hydrogen-bond donors (Lipinski definition) is 2. The van der Waals surface area contributed by atoms with Crippen LogP contribution in [0.2, 0.25) is 0 Å². The molecule has 0 saturated heterocycles. The maximum Gasteiger partial charge on any atom is 0.286 e. The van der Waals surface area contributed by atoms with Crippen LogP contribution in [0.4, 0.5) is 15.2 Å². The van der Waals surface area contributed by atoms with E-state index in [0.717, 1.165) is 11.3 Å². The summed E-state index contributed by atoms with van der Waals surface area (Å²) < 4.78 is 13.5. The number of nitrogens with one attached hydrogen (secondary N) is 1. The van der Waals surface area contributed by atoms with E-state index in [0.29, 0.717) is 10.2 Å². The van der Waals surface area contributed by atoms with Gasteiger partial charge in [0.2, 0.25) is 10.1 Å². The van der Waals surface area contributed by atoms with Crippen LogP contribution in [0.5, 0.6) is 0 Å². The molecule has 0 unspecified atom stereocenters. The third-order valence-corrected chi connectivity index (χ3v) is 3.21. The lowest BCUT2D eigenvalue weighted by atomic mass is 10.3. The molecule has 0 saturated carbocycles. The molecule has 0 aliphatic heterocycles. The molecular formula is C9H6BrFN4OS. The molecule has 17 heavy (non-hydrogen) atoms. The van der Waals surface area contributed by atoms with Crippen molar-refractivity contribution in [1.29, 1.82) is 0 Å². The Kier molecular flexibility index (Phi) is 3.34. The van der Waals surface area contributed by atoms with Gasteiger partial charge in [-0.3, -0.25) is 4.79 Å². The quantitative estimate of drug-likeness (QED) is 0.890. The molecule has 1 aromatic heterocycles. The number of carbonyl (C=O) groups is 1. The first-order chi connectivity index (χ1) is 8.06. The van der Waals surface area contributed by atoms with Gasteiger partial charge in [0.15, 0.2) is 0 Å². The van der Waals surface area contributed by atoms with Gasteiger partial charge < -0.3 is 11.1 Å². The van der Waals surface area contributed by atoms with Crippen LogP contribution in [-0.2, 0) is 0 Å². The van der Waals surface area contributed by atoms with Crippen LogP contribution in [0.15, 0.2) is 22.7 Å². The van der Waals surface area contributed by atoms with E-state index in [9.17, 15) is 9.18 Å². The Morgan fingerprint density at radius 1 is 1.47 bits per heavy atom. The molecule has 0 radical (unpaired) electrons. The van der Waals surface area contributed by atoms with Crippen LogP contribution < -0.4 is 11.1 Å². The Morgan fingerprint density at radius 2 is 2.24 bits per heavy atom. The average molecular weight is 317 g/mol. The van der Waals surface area contributed by atoms with Gasteiger partial charge in [-0.2, -0.15) is 0 Å². The smallest absolute Gasteiger partial charge is 0.286 e. The first-order valence-electron chi connectivity index (χ1n) is 4.41. The van der Waals surface area contributed by atoms with E-state index in [1.54, 1.807) is 6.07 Å². The van der Waals surface area contributed by atoms with Gasteiger partial charge in [0.05, 0.1) is 4.47 Å². The zero-order chi connectivity index (χ0) is 12.4. The van der Waals surface area contributed by atoms with Gasteiger partial charge in [-0.05, 0) is 34.1 Å². The predicted molar refractivity (Wildman–Crippen MR) is 66.4 cm³/mol. The van der Waals surface area contributed by atoms with Crippen molar-refractivity contribution in [3.8, 4) is 0 Å². The van der Waals surface area contributed by atoms with Gasteiger partial charge >= 0.3 is 0 Å². The molecule has 88 valence electrons. The summed E-state index contributed by atoms with van der Waals surface area (Å²) in [5.74, 6) is -0.930. The summed E-state index contributed by atoms with van der Waals surface area (Å²) in [5.41, 5.74) is 5.69. The number of aromatic nitrogens is 2. The number of carbonyl (C=O) groups excluding carboxylic acids is 1. The predicted octanol–water partition coefficient (Wildman–Crippen LogP) is 2.27. The van der Waals surface area contributed by atoms with Crippen molar-refractivity contribution in [2.75, 3.05) is 11.1 Å². The second-order valence-electron chi connectivity index (χ2n) is 3.03. The van der Waals surface area contributed by atoms with Crippen LogP contribution >= 0.6 is 27.3 Å². The number of nitrogen functional groups attached to an aromatic ring is 1. The van der Waals surface area contributed by atoms with Crippen molar-refractivity contribution in [3.63, 3.8) is 0 Å². The molecule has 0 fully saturated rings. The van der Waals surface area contributed by atoms with Crippen LogP contribution in [-0.4, -0.2) is 16.1 Å². The molecule has 0 atom stereocenters. The largest absolute Gasteiger partial charge is 0.374 e. The number of hydrogen-bond acceptors (Lipinski definition) is 5. The van der Waals surface area contributed by atoms with E-state index in [-0.39, 0.29) is 10.1 Å². The number of nitrogens with zero attached hydrogens (tertiary/aromatic N) is 2. The molecule has 5 nitrogen and oxygen atoms in total. The summed E-state index contributed by atoms with van der Waals surface area (Å²) >= 11 is 3.98. The van der Waals surface area contributed by atoms with E-state index >= 15 is 0 Å². The summed E-state index contributed by atoms with van der Waals surface area (Å²) in [6, 6.07) is 4.27. The first-order valence-corrected chi connectivity index (χ1v) is 6.02. The van der Waals surface area contributed by atoms with Gasteiger partial charge in [0, 0.05) is 5.69 Å². The second-order valence-corrected chi connectivity index (χ2v) is 4.89. The highest BCUT2D eigenvalue weighted by Crippen LogP contribution is 2.20. The summed E-state index contributed by atoms with van der Waals surface area (Å²) in [5, 5.41) is 9.92. The molecule has 1 heterocycles. The Morgan fingerprint density at radius 3 is 2.82 bits per heavy atom. The second kappa shape index (κ2) is 4.76. The van der Waals surface area contributed by atoms with Gasteiger partial charge in [-0.1, -0.05) is 11.3 Å². The lowest BCUT2D eigenvalue weighted by Gasteiger charge is -2.03. The number of rotatable bonds is 2. The Labute approximate surface area is 108 Å². The van der Waals surface area contributed by atoms with Crippen molar-refractivity contribution < 1.29 is 9.18 Å². The minimum Gasteiger partial charge on any atom is -0.374 e. The lowest BCUT2D eigenvalue weighted by molar-refractivity contribution is 0.102. The standard InChI is InChI=1S/C9H6BrFN4OS/c10-5-2-1-4(3-6(5)11)13-7(16)8-14-15-9(12)17-8/h1-3H,(H2,12,15)(H,13,16). The van der Waals surface area contributed by atoms with Gasteiger partial charge in [0.1, 0.15) is 5.82 Å². The minimum absolute atomic E-state index is 0.130. The maximum absolute atomic E-state index is 13.2. The van der Waals surface area contributed by atoms with Crippen LogP contribution in [0.25, 0.3) is 0 Å². The van der Waals surface area contributed by atoms with Crippen LogP contribution in [0.3, 0.4) is 0 Å². The Hall–Kier alpha value is -1.54. The van der Waals surface area contributed by atoms with Crippen molar-refractivity contribution in [2.45, 2.75) is 0 Å². The number of halogens is 2. The molecule has 0 spiro atoms. The van der Waals surface area contributed by atoms with E-state index in [2.05, 4.69) is 31.4 Å². The highest BCUT2D eigenvalue weighted by Gasteiger charge is 2.12. The Balaban J connectivity index is 2.15. The monoisotopic (exact) mass is 316 g/mol. The van der Waals surface area contributed by atoms with E-state index in [1.807, 2.05) is 0 Å². The number of nitrogens with two attached hydrogens (primary N) is 1. The molecule has 0 aliphatic carbocycles. The van der Waals surface area contributed by atoms with E-state index < -0.39 is 11.7 Å². The number of benzene rings is 1. The van der Waals surface area contributed by atoms with Crippen molar-refractivity contribution in [3.05, 3.63) is 33.5 Å². The van der Waals surface area contributed by atoms with Crippen molar-refractivity contribution >= 4 is 44.0 Å². The molecule has 1 amide bonds. The Bertz CT molecular complexity index is 574. The fourth-order valence-electron chi connectivity index (χ4n) is 1.08. The zero-order valence-corrected chi connectivity index (χ0v) is 10.7. The summed E-state index contributed by atoms with van der Waals surface area (Å²) in [7, 11) is 0. The highest BCUT2D eigenvalue weighted by atomic mass is 79.9. The van der Waals surface area contributed by atoms with Gasteiger partial charge in [-0.25, -0.2) is 4.39 Å². The summed E-state index contributed by atoms with van der Waals surface area (Å²) in [6.45, 7) is 0. The normalized spacial score (nSPS) is 10.2. The van der Waals surface area contributed by atoms with E-state index in [1.165, 1.54) is 12.1 Å². The molecular weight excluding hydrogens is 311 g/mol. The molecule has 8 heteroatoms. The third kappa shape index (κ3) is 2.77. The minimum atomic E-state index is -0.471. The maximum atomic E-state index is 13.2. The topological polar surface area (TPSA) is 80.9 Å². The van der Waals surface area contributed by atoms with Gasteiger partial charge in [0.25, 0.3) is 5.91 Å². The fourth-order valence-corrected chi connectivity index (χ4v) is 1.84.